The van der Waals surface area contributed by atoms with Crippen molar-refractivity contribution in [1.82, 2.24) is 5.32 Å². The molecule has 6 nitrogen and oxygen atoms in total. The van der Waals surface area contributed by atoms with Gasteiger partial charge in [-0.3, -0.25) is 14.9 Å². The van der Waals surface area contributed by atoms with Crippen LogP contribution in [0.5, 0.6) is 5.75 Å². The van der Waals surface area contributed by atoms with E-state index >= 15 is 0 Å². The Morgan fingerprint density at radius 2 is 1.89 bits per heavy atom. The summed E-state index contributed by atoms with van der Waals surface area (Å²) in [6, 6.07) is 12.6. The smallest absolute Gasteiger partial charge is 0.335 e. The summed E-state index contributed by atoms with van der Waals surface area (Å²) in [7, 11) is 0. The van der Waals surface area contributed by atoms with Crippen molar-refractivity contribution in [3.63, 3.8) is 0 Å². The molecule has 1 N–H and O–H groups in total. The largest absolute Gasteiger partial charge is 0.481 e. The third kappa shape index (κ3) is 4.07. The number of nitrogens with one attached hydrogen (secondary N) is 1. The van der Waals surface area contributed by atoms with Gasteiger partial charge in [-0.15, -0.1) is 6.42 Å². The highest BCUT2D eigenvalue weighted by molar-refractivity contribution is 9.10. The van der Waals surface area contributed by atoms with Gasteiger partial charge >= 0.3 is 6.03 Å². The van der Waals surface area contributed by atoms with Crippen LogP contribution < -0.4 is 15.0 Å². The molecule has 4 amide bonds. The molecule has 0 radical (unpaired) electrons. The predicted octanol–water partition coefficient (Wildman–Crippen LogP) is 3.13. The lowest BCUT2D eigenvalue weighted by Crippen LogP contribution is -2.54. The number of benzene rings is 2. The first-order chi connectivity index (χ1) is 13.0. The van der Waals surface area contributed by atoms with Gasteiger partial charge in [-0.25, -0.2) is 9.69 Å². The fraction of sp³-hybridized carbons (Fsp3) is 0.0500. The molecular formula is C20H13BrN2O4. The van der Waals surface area contributed by atoms with Gasteiger partial charge in [-0.05, 0) is 48.0 Å². The molecule has 0 unspecified atom stereocenters. The first-order valence-electron chi connectivity index (χ1n) is 7.83. The normalized spacial score (nSPS) is 15.5. The average Bonchev–Trinajstić information content (AvgIpc) is 2.65. The lowest BCUT2D eigenvalue weighted by atomic mass is 10.1. The molecule has 27 heavy (non-hydrogen) atoms. The molecular weight excluding hydrogens is 412 g/mol. The topological polar surface area (TPSA) is 75.7 Å². The maximum Gasteiger partial charge on any atom is 0.335 e. The van der Waals surface area contributed by atoms with Crippen molar-refractivity contribution in [2.24, 2.45) is 0 Å². The zero-order valence-electron chi connectivity index (χ0n) is 13.9. The molecule has 2 aromatic carbocycles. The van der Waals surface area contributed by atoms with E-state index in [1.54, 1.807) is 48.5 Å². The molecule has 0 bridgehead atoms. The lowest BCUT2D eigenvalue weighted by Gasteiger charge is -2.26. The SMILES string of the molecule is C#CCOc1cccc(/C=C2\C(=O)NC(=O)N(c3ccc(Br)cc3)C2=O)c1. The predicted molar refractivity (Wildman–Crippen MR) is 104 cm³/mol. The van der Waals surface area contributed by atoms with E-state index in [1.165, 1.54) is 6.08 Å². The molecule has 134 valence electrons. The fourth-order valence-electron chi connectivity index (χ4n) is 2.47. The Labute approximate surface area is 163 Å². The summed E-state index contributed by atoms with van der Waals surface area (Å²) in [6.07, 6.45) is 6.57. The monoisotopic (exact) mass is 424 g/mol. The van der Waals surface area contributed by atoms with Crippen LogP contribution in [0.25, 0.3) is 6.08 Å². The van der Waals surface area contributed by atoms with Crippen LogP contribution in [0, 0.1) is 12.3 Å². The van der Waals surface area contributed by atoms with Crippen LogP contribution in [0.4, 0.5) is 10.5 Å². The molecule has 2 aromatic rings. The molecule has 1 aliphatic rings. The molecule has 3 rings (SSSR count). The van der Waals surface area contributed by atoms with E-state index in [-0.39, 0.29) is 12.2 Å². The van der Waals surface area contributed by atoms with Crippen molar-refractivity contribution in [3.8, 4) is 18.1 Å². The highest BCUT2D eigenvalue weighted by atomic mass is 79.9. The van der Waals surface area contributed by atoms with Gasteiger partial charge in [-0.2, -0.15) is 0 Å². The van der Waals surface area contributed by atoms with E-state index in [0.29, 0.717) is 17.0 Å². The number of ether oxygens (including phenoxy) is 1. The first kappa shape index (κ1) is 18.4. The highest BCUT2D eigenvalue weighted by Gasteiger charge is 2.36. The summed E-state index contributed by atoms with van der Waals surface area (Å²) in [5, 5.41) is 2.18. The zero-order chi connectivity index (χ0) is 19.4. The van der Waals surface area contributed by atoms with E-state index in [4.69, 9.17) is 11.2 Å². The summed E-state index contributed by atoms with van der Waals surface area (Å²) >= 11 is 3.30. The number of halogens is 1. The van der Waals surface area contributed by atoms with Crippen LogP contribution in [0.1, 0.15) is 5.56 Å². The van der Waals surface area contributed by atoms with Crippen molar-refractivity contribution >= 4 is 45.5 Å². The van der Waals surface area contributed by atoms with Crippen molar-refractivity contribution < 1.29 is 19.1 Å². The summed E-state index contributed by atoms with van der Waals surface area (Å²) in [4.78, 5) is 38.1. The molecule has 0 aliphatic carbocycles. The second-order valence-electron chi connectivity index (χ2n) is 5.50. The summed E-state index contributed by atoms with van der Waals surface area (Å²) in [5.41, 5.74) is 0.755. The van der Waals surface area contributed by atoms with Gasteiger partial charge in [0.15, 0.2) is 0 Å². The molecule has 1 heterocycles. The van der Waals surface area contributed by atoms with E-state index in [1.807, 2.05) is 0 Å². The Morgan fingerprint density at radius 3 is 2.59 bits per heavy atom. The van der Waals surface area contributed by atoms with E-state index in [0.717, 1.165) is 9.37 Å². The second-order valence-corrected chi connectivity index (χ2v) is 6.42. The number of urea groups is 1. The van der Waals surface area contributed by atoms with E-state index in [2.05, 4.69) is 27.2 Å². The third-order valence-corrected chi connectivity index (χ3v) is 4.21. The number of barbiturate groups is 1. The third-order valence-electron chi connectivity index (χ3n) is 3.68. The summed E-state index contributed by atoms with van der Waals surface area (Å²) in [6.45, 7) is 0.102. The number of terminal acetylenes is 1. The van der Waals surface area contributed by atoms with Gasteiger partial charge in [0.1, 0.15) is 17.9 Å². The number of amides is 4. The van der Waals surface area contributed by atoms with Crippen molar-refractivity contribution in [3.05, 3.63) is 64.1 Å². The Bertz CT molecular complexity index is 990. The van der Waals surface area contributed by atoms with Gasteiger partial charge < -0.3 is 4.74 Å². The van der Waals surface area contributed by atoms with Crippen LogP contribution >= 0.6 is 15.9 Å². The second kappa shape index (κ2) is 7.89. The summed E-state index contributed by atoms with van der Waals surface area (Å²) in [5.74, 6) is 1.40. The van der Waals surface area contributed by atoms with Gasteiger partial charge in [0.05, 0.1) is 5.69 Å². The minimum absolute atomic E-state index is 0.102. The summed E-state index contributed by atoms with van der Waals surface area (Å²) < 4.78 is 6.14. The van der Waals surface area contributed by atoms with Gasteiger partial charge in [-0.1, -0.05) is 34.0 Å². The standard InChI is InChI=1S/C20H13BrN2O4/c1-2-10-27-16-5-3-4-13(11-16)12-17-18(24)22-20(26)23(19(17)25)15-8-6-14(21)7-9-15/h1,3-9,11-12H,10H2,(H,22,24,26)/b17-12+. The minimum Gasteiger partial charge on any atom is -0.481 e. The maximum atomic E-state index is 12.8. The number of hydrogen-bond acceptors (Lipinski definition) is 4. The molecule has 0 saturated carbocycles. The van der Waals surface area contributed by atoms with Crippen molar-refractivity contribution in [1.29, 1.82) is 0 Å². The lowest BCUT2D eigenvalue weighted by molar-refractivity contribution is -0.122. The fourth-order valence-corrected chi connectivity index (χ4v) is 2.73. The van der Waals surface area contributed by atoms with Crippen LogP contribution in [-0.4, -0.2) is 24.5 Å². The Balaban J connectivity index is 1.94. The molecule has 0 spiro atoms. The average molecular weight is 425 g/mol. The van der Waals surface area contributed by atoms with Crippen LogP contribution in [0.2, 0.25) is 0 Å². The van der Waals surface area contributed by atoms with Crippen LogP contribution in [0.15, 0.2) is 58.6 Å². The van der Waals surface area contributed by atoms with Gasteiger partial charge in [0.2, 0.25) is 0 Å². The number of nitrogens with zero attached hydrogens (tertiary/aromatic N) is 1. The minimum atomic E-state index is -0.796. The van der Waals surface area contributed by atoms with Crippen molar-refractivity contribution in [2.45, 2.75) is 0 Å². The maximum absolute atomic E-state index is 12.8. The Morgan fingerprint density at radius 1 is 1.15 bits per heavy atom. The zero-order valence-corrected chi connectivity index (χ0v) is 15.5. The number of carbonyl (C=O) groups excluding carboxylic acids is 3. The molecule has 7 heteroatoms. The van der Waals surface area contributed by atoms with E-state index < -0.39 is 17.8 Å². The molecule has 1 saturated heterocycles. The highest BCUT2D eigenvalue weighted by Crippen LogP contribution is 2.24. The molecule has 0 atom stereocenters. The quantitative estimate of drug-likeness (QED) is 0.464. The Hall–Kier alpha value is -3.37. The van der Waals surface area contributed by atoms with Crippen LogP contribution in [0.3, 0.4) is 0 Å². The van der Waals surface area contributed by atoms with Crippen LogP contribution in [-0.2, 0) is 9.59 Å². The molecule has 1 fully saturated rings. The van der Waals surface area contributed by atoms with Gasteiger partial charge in [0, 0.05) is 4.47 Å². The van der Waals surface area contributed by atoms with E-state index in [9.17, 15) is 14.4 Å². The molecule has 1 aliphatic heterocycles. The van der Waals surface area contributed by atoms with Gasteiger partial charge in [0.25, 0.3) is 11.8 Å². The number of anilines is 1. The number of carbonyl (C=O) groups is 3. The molecule has 0 aromatic heterocycles. The number of hydrogen-bond donors (Lipinski definition) is 1. The number of rotatable bonds is 4. The number of imide groups is 2. The first-order valence-corrected chi connectivity index (χ1v) is 8.62. The van der Waals surface area contributed by atoms with Crippen molar-refractivity contribution in [2.75, 3.05) is 11.5 Å². The Kier molecular flexibility index (Phi) is 5.38.